The monoisotopic (exact) mass is 190 g/mol. The fraction of sp³-hybridized carbons (Fsp3) is 0.692. The Balaban J connectivity index is 2.04. The Labute approximate surface area is 85.8 Å². The maximum Gasteiger partial charge on any atom is 0.0955 e. The van der Waals surface area contributed by atoms with E-state index in [9.17, 15) is 0 Å². The normalized spacial score (nSPS) is 45.7. The second-order valence-electron chi connectivity index (χ2n) is 4.92. The van der Waals surface area contributed by atoms with Crippen LogP contribution in [0, 0.1) is 5.41 Å². The van der Waals surface area contributed by atoms with Crippen LogP contribution in [-0.4, -0.2) is 12.2 Å². The fourth-order valence-electron chi connectivity index (χ4n) is 3.54. The molecule has 14 heavy (non-hydrogen) atoms. The summed E-state index contributed by atoms with van der Waals surface area (Å²) in [5.41, 5.74) is 0.441. The van der Waals surface area contributed by atoms with E-state index in [0.717, 1.165) is 6.61 Å². The standard InChI is InChI=1S/C13H18O/c1-3-9-13-10-4-2-7-12(13,6-1)8-5-11-14-13/h1,3,6,9H,2,4-5,7-8,10-11H2/t12-,13+/m1/s1. The van der Waals surface area contributed by atoms with E-state index in [1.165, 1.54) is 38.5 Å². The van der Waals surface area contributed by atoms with E-state index in [1.54, 1.807) is 0 Å². The Kier molecular flexibility index (Phi) is 1.85. The second-order valence-corrected chi connectivity index (χ2v) is 4.92. The minimum Gasteiger partial charge on any atom is -0.370 e. The van der Waals surface area contributed by atoms with Crippen molar-refractivity contribution < 1.29 is 4.74 Å². The largest absolute Gasteiger partial charge is 0.370 e. The van der Waals surface area contributed by atoms with Crippen LogP contribution in [0.4, 0.5) is 0 Å². The molecule has 1 saturated heterocycles. The Morgan fingerprint density at radius 3 is 2.57 bits per heavy atom. The molecule has 76 valence electrons. The molecule has 0 aromatic carbocycles. The molecule has 0 amide bonds. The summed E-state index contributed by atoms with van der Waals surface area (Å²) in [5.74, 6) is 0. The number of ether oxygens (including phenoxy) is 1. The summed E-state index contributed by atoms with van der Waals surface area (Å²) in [6.45, 7) is 0.958. The van der Waals surface area contributed by atoms with Gasteiger partial charge in [-0.05, 0) is 25.7 Å². The molecule has 1 aliphatic heterocycles. The van der Waals surface area contributed by atoms with Crippen molar-refractivity contribution in [2.24, 2.45) is 5.41 Å². The minimum absolute atomic E-state index is 0.0816. The molecule has 3 aliphatic rings. The molecule has 0 N–H and O–H groups in total. The van der Waals surface area contributed by atoms with Crippen LogP contribution in [0.5, 0.6) is 0 Å². The Bertz CT molecular complexity index is 246. The quantitative estimate of drug-likeness (QED) is 0.570. The van der Waals surface area contributed by atoms with Crippen molar-refractivity contribution in [2.75, 3.05) is 6.61 Å². The van der Waals surface area contributed by atoms with E-state index in [2.05, 4.69) is 24.3 Å². The highest BCUT2D eigenvalue weighted by Gasteiger charge is 2.52. The van der Waals surface area contributed by atoms with Gasteiger partial charge in [0.1, 0.15) is 0 Å². The lowest BCUT2D eigenvalue weighted by molar-refractivity contribution is -0.141. The van der Waals surface area contributed by atoms with Crippen LogP contribution in [0.1, 0.15) is 38.5 Å². The molecule has 3 rings (SSSR count). The molecular formula is C13H18O. The van der Waals surface area contributed by atoms with Crippen LogP contribution >= 0.6 is 0 Å². The molecule has 1 heteroatoms. The average Bonchev–Trinajstić information content (AvgIpc) is 2.27. The molecule has 0 unspecified atom stereocenters. The van der Waals surface area contributed by atoms with Gasteiger partial charge in [-0.15, -0.1) is 0 Å². The predicted octanol–water partition coefficient (Wildman–Crippen LogP) is 3.22. The molecule has 0 spiro atoms. The van der Waals surface area contributed by atoms with E-state index in [4.69, 9.17) is 4.74 Å². The van der Waals surface area contributed by atoms with Crippen molar-refractivity contribution in [2.45, 2.75) is 44.1 Å². The number of allylic oxidation sites excluding steroid dienone is 2. The minimum atomic E-state index is 0.0816. The smallest absolute Gasteiger partial charge is 0.0955 e. The SMILES string of the molecule is C1=C[C@]23CCCC[C@]2(C=C1)OCCC3. The Morgan fingerprint density at radius 2 is 1.64 bits per heavy atom. The van der Waals surface area contributed by atoms with Crippen LogP contribution in [-0.2, 0) is 4.74 Å². The molecule has 0 bridgehead atoms. The highest BCUT2D eigenvalue weighted by atomic mass is 16.5. The first-order chi connectivity index (χ1) is 6.87. The highest BCUT2D eigenvalue weighted by molar-refractivity contribution is 5.29. The van der Waals surface area contributed by atoms with Crippen molar-refractivity contribution >= 4 is 0 Å². The third kappa shape index (κ3) is 0.993. The van der Waals surface area contributed by atoms with Gasteiger partial charge in [-0.1, -0.05) is 37.1 Å². The third-order valence-electron chi connectivity index (χ3n) is 4.28. The van der Waals surface area contributed by atoms with Crippen molar-refractivity contribution in [3.05, 3.63) is 24.3 Å². The lowest BCUT2D eigenvalue weighted by Gasteiger charge is -2.54. The van der Waals surface area contributed by atoms with E-state index in [1.807, 2.05) is 0 Å². The summed E-state index contributed by atoms with van der Waals surface area (Å²) >= 11 is 0. The van der Waals surface area contributed by atoms with Gasteiger partial charge < -0.3 is 4.74 Å². The summed E-state index contributed by atoms with van der Waals surface area (Å²) in [4.78, 5) is 0. The van der Waals surface area contributed by atoms with Crippen LogP contribution in [0.25, 0.3) is 0 Å². The molecule has 2 atom stereocenters. The third-order valence-corrected chi connectivity index (χ3v) is 4.28. The first-order valence-corrected chi connectivity index (χ1v) is 5.88. The van der Waals surface area contributed by atoms with Crippen molar-refractivity contribution in [1.82, 2.24) is 0 Å². The molecular weight excluding hydrogens is 172 g/mol. The fourth-order valence-corrected chi connectivity index (χ4v) is 3.54. The maximum atomic E-state index is 6.13. The van der Waals surface area contributed by atoms with Gasteiger partial charge in [0.05, 0.1) is 5.60 Å². The zero-order chi connectivity index (χ0) is 9.49. The Hall–Kier alpha value is -0.560. The molecule has 0 radical (unpaired) electrons. The average molecular weight is 190 g/mol. The topological polar surface area (TPSA) is 9.23 Å². The van der Waals surface area contributed by atoms with Crippen molar-refractivity contribution in [1.29, 1.82) is 0 Å². The van der Waals surface area contributed by atoms with Gasteiger partial charge in [-0.2, -0.15) is 0 Å². The number of hydrogen-bond acceptors (Lipinski definition) is 1. The van der Waals surface area contributed by atoms with Crippen LogP contribution in [0.2, 0.25) is 0 Å². The molecule has 2 fully saturated rings. The summed E-state index contributed by atoms with van der Waals surface area (Å²) in [5, 5.41) is 0. The van der Waals surface area contributed by atoms with Crippen LogP contribution in [0.3, 0.4) is 0 Å². The zero-order valence-electron chi connectivity index (χ0n) is 8.67. The summed E-state index contributed by atoms with van der Waals surface area (Å²) in [6.07, 6.45) is 17.0. The first kappa shape index (κ1) is 8.72. The zero-order valence-corrected chi connectivity index (χ0v) is 8.67. The molecule has 0 aromatic rings. The van der Waals surface area contributed by atoms with Gasteiger partial charge in [0.25, 0.3) is 0 Å². The summed E-state index contributed by atoms with van der Waals surface area (Å²) in [7, 11) is 0. The summed E-state index contributed by atoms with van der Waals surface area (Å²) in [6, 6.07) is 0. The maximum absolute atomic E-state index is 6.13. The van der Waals surface area contributed by atoms with Crippen molar-refractivity contribution in [3.63, 3.8) is 0 Å². The van der Waals surface area contributed by atoms with E-state index in [-0.39, 0.29) is 5.60 Å². The van der Waals surface area contributed by atoms with Gasteiger partial charge >= 0.3 is 0 Å². The number of rotatable bonds is 0. The summed E-state index contributed by atoms with van der Waals surface area (Å²) < 4.78 is 6.13. The van der Waals surface area contributed by atoms with Crippen molar-refractivity contribution in [3.8, 4) is 0 Å². The molecule has 1 heterocycles. The molecule has 2 aliphatic carbocycles. The predicted molar refractivity (Wildman–Crippen MR) is 57.1 cm³/mol. The lowest BCUT2D eigenvalue weighted by Crippen LogP contribution is -2.53. The van der Waals surface area contributed by atoms with E-state index < -0.39 is 0 Å². The highest BCUT2D eigenvalue weighted by Crippen LogP contribution is 2.55. The van der Waals surface area contributed by atoms with Gasteiger partial charge in [-0.25, -0.2) is 0 Å². The van der Waals surface area contributed by atoms with Crippen LogP contribution in [0.15, 0.2) is 24.3 Å². The van der Waals surface area contributed by atoms with E-state index in [0.29, 0.717) is 5.41 Å². The van der Waals surface area contributed by atoms with Gasteiger partial charge in [-0.3, -0.25) is 0 Å². The number of hydrogen-bond donors (Lipinski definition) is 0. The Morgan fingerprint density at radius 1 is 0.857 bits per heavy atom. The van der Waals surface area contributed by atoms with Crippen LogP contribution < -0.4 is 0 Å². The lowest BCUT2D eigenvalue weighted by atomic mass is 9.58. The van der Waals surface area contributed by atoms with Gasteiger partial charge in [0, 0.05) is 12.0 Å². The van der Waals surface area contributed by atoms with E-state index >= 15 is 0 Å². The van der Waals surface area contributed by atoms with Gasteiger partial charge in [0.2, 0.25) is 0 Å². The molecule has 1 nitrogen and oxygen atoms in total. The van der Waals surface area contributed by atoms with Gasteiger partial charge in [0.15, 0.2) is 0 Å². The molecule has 1 saturated carbocycles. The second kappa shape index (κ2) is 2.96. The first-order valence-electron chi connectivity index (χ1n) is 5.88. The molecule has 0 aromatic heterocycles.